The van der Waals surface area contributed by atoms with E-state index in [-0.39, 0.29) is 5.92 Å². The van der Waals surface area contributed by atoms with E-state index in [9.17, 15) is 4.79 Å². The fourth-order valence-corrected chi connectivity index (χ4v) is 0.637. The third-order valence-electron chi connectivity index (χ3n) is 1.33. The Morgan fingerprint density at radius 3 is 2.00 bits per heavy atom. The van der Waals surface area contributed by atoms with Crippen LogP contribution in [0.25, 0.3) is 0 Å². The van der Waals surface area contributed by atoms with Gasteiger partial charge >= 0.3 is 5.97 Å². The van der Waals surface area contributed by atoms with Crippen LogP contribution in [0.1, 0.15) is 34.6 Å². The highest BCUT2D eigenvalue weighted by Crippen LogP contribution is 2.11. The normalized spacial score (nSPS) is 14.6. The molecule has 0 saturated heterocycles. The van der Waals surface area contributed by atoms with Crippen LogP contribution >= 0.6 is 0 Å². The number of ether oxygens (including phenoxy) is 1. The van der Waals surface area contributed by atoms with Crippen molar-refractivity contribution in [2.75, 3.05) is 0 Å². The number of carbonyl (C=O) groups is 1. The quantitative estimate of drug-likeness (QED) is 0.594. The average molecular weight is 172 g/mol. The molecule has 3 nitrogen and oxygen atoms in total. The van der Waals surface area contributed by atoms with Crippen molar-refractivity contribution >= 4 is 5.97 Å². The Morgan fingerprint density at radius 2 is 1.75 bits per heavy atom. The largest absolute Gasteiger partial charge is 0.459 e. The Bertz CT molecular complexity index is 158. The second-order valence-electron chi connectivity index (χ2n) is 4.26. The molecule has 0 amide bonds. The van der Waals surface area contributed by atoms with E-state index in [0.29, 0.717) is 0 Å². The van der Waals surface area contributed by atoms with Crippen molar-refractivity contribution in [2.24, 2.45) is 5.92 Å². The van der Waals surface area contributed by atoms with Gasteiger partial charge in [0.25, 0.3) is 0 Å². The van der Waals surface area contributed by atoms with Crippen molar-refractivity contribution in [1.82, 2.24) is 5.73 Å². The molecule has 0 rings (SSSR count). The van der Waals surface area contributed by atoms with Crippen LogP contribution in [0.15, 0.2) is 0 Å². The SMILES string of the molecule is CC(C)C([NH])C(=O)OC(C)(C)C. The van der Waals surface area contributed by atoms with Crippen LogP contribution in [0, 0.1) is 5.92 Å². The monoisotopic (exact) mass is 172 g/mol. The summed E-state index contributed by atoms with van der Waals surface area (Å²) in [6.45, 7) is 9.08. The summed E-state index contributed by atoms with van der Waals surface area (Å²) >= 11 is 0. The molecule has 0 saturated carbocycles. The van der Waals surface area contributed by atoms with Gasteiger partial charge in [0.15, 0.2) is 0 Å². The minimum absolute atomic E-state index is 0.0137. The number of carbonyl (C=O) groups excluding carboxylic acids is 1. The van der Waals surface area contributed by atoms with Gasteiger partial charge in [-0.05, 0) is 26.7 Å². The maximum absolute atomic E-state index is 11.2. The van der Waals surface area contributed by atoms with E-state index in [1.165, 1.54) is 0 Å². The molecule has 0 bridgehead atoms. The summed E-state index contributed by atoms with van der Waals surface area (Å²) in [6.07, 6.45) is 0. The van der Waals surface area contributed by atoms with Crippen molar-refractivity contribution < 1.29 is 9.53 Å². The van der Waals surface area contributed by atoms with Crippen LogP contribution < -0.4 is 5.73 Å². The first-order valence-corrected chi connectivity index (χ1v) is 4.18. The van der Waals surface area contributed by atoms with Crippen molar-refractivity contribution in [1.29, 1.82) is 0 Å². The van der Waals surface area contributed by atoms with E-state index in [1.807, 2.05) is 13.8 Å². The van der Waals surface area contributed by atoms with E-state index in [0.717, 1.165) is 0 Å². The van der Waals surface area contributed by atoms with Gasteiger partial charge in [0.05, 0.1) is 0 Å². The van der Waals surface area contributed by atoms with Crippen LogP contribution in [0.4, 0.5) is 0 Å². The molecule has 0 aliphatic rings. The molecule has 0 aromatic carbocycles. The Labute approximate surface area is 74.3 Å². The number of nitrogens with one attached hydrogen (secondary N) is 1. The smallest absolute Gasteiger partial charge is 0.325 e. The molecule has 1 unspecified atom stereocenters. The Kier molecular flexibility index (Phi) is 3.71. The molecule has 12 heavy (non-hydrogen) atoms. The van der Waals surface area contributed by atoms with E-state index < -0.39 is 17.6 Å². The topological polar surface area (TPSA) is 50.1 Å². The van der Waals surface area contributed by atoms with Gasteiger partial charge in [-0.2, -0.15) is 0 Å². The third-order valence-corrected chi connectivity index (χ3v) is 1.33. The van der Waals surface area contributed by atoms with E-state index >= 15 is 0 Å². The first kappa shape index (κ1) is 11.4. The van der Waals surface area contributed by atoms with Crippen LogP contribution in [0.3, 0.4) is 0 Å². The van der Waals surface area contributed by atoms with Crippen LogP contribution in [0.2, 0.25) is 0 Å². The first-order valence-electron chi connectivity index (χ1n) is 4.18. The van der Waals surface area contributed by atoms with Crippen molar-refractivity contribution in [2.45, 2.75) is 46.3 Å². The lowest BCUT2D eigenvalue weighted by molar-refractivity contribution is -0.157. The molecule has 0 aliphatic carbocycles. The van der Waals surface area contributed by atoms with Gasteiger partial charge in [0.2, 0.25) is 0 Å². The summed E-state index contributed by atoms with van der Waals surface area (Å²) in [5, 5.41) is 0. The summed E-state index contributed by atoms with van der Waals surface area (Å²) in [5.41, 5.74) is 6.96. The molecule has 1 radical (unpaired) electrons. The van der Waals surface area contributed by atoms with E-state index in [2.05, 4.69) is 0 Å². The number of hydrogen-bond donors (Lipinski definition) is 0. The second-order valence-corrected chi connectivity index (χ2v) is 4.26. The van der Waals surface area contributed by atoms with Crippen molar-refractivity contribution in [3.05, 3.63) is 0 Å². The summed E-state index contributed by atoms with van der Waals surface area (Å²) in [6, 6.07) is -0.760. The minimum atomic E-state index is -0.760. The molecule has 0 spiro atoms. The third kappa shape index (κ3) is 4.34. The van der Waals surface area contributed by atoms with E-state index in [4.69, 9.17) is 10.5 Å². The molecule has 0 aliphatic heterocycles. The first-order chi connectivity index (χ1) is 5.24. The zero-order valence-corrected chi connectivity index (χ0v) is 8.47. The number of rotatable bonds is 2. The lowest BCUT2D eigenvalue weighted by Crippen LogP contribution is -2.35. The molecule has 3 heteroatoms. The summed E-state index contributed by atoms with van der Waals surface area (Å²) in [7, 11) is 0. The predicted octanol–water partition coefficient (Wildman–Crippen LogP) is 1.64. The van der Waals surface area contributed by atoms with Crippen molar-refractivity contribution in [3.8, 4) is 0 Å². The van der Waals surface area contributed by atoms with E-state index in [1.54, 1.807) is 20.8 Å². The van der Waals surface area contributed by atoms with Gasteiger partial charge in [0.1, 0.15) is 11.6 Å². The summed E-state index contributed by atoms with van der Waals surface area (Å²) in [4.78, 5) is 11.2. The van der Waals surface area contributed by atoms with Gasteiger partial charge in [-0.15, -0.1) is 0 Å². The second kappa shape index (κ2) is 3.90. The maximum atomic E-state index is 11.2. The Hall–Kier alpha value is -0.570. The highest BCUT2D eigenvalue weighted by Gasteiger charge is 2.24. The van der Waals surface area contributed by atoms with Crippen LogP contribution in [0.5, 0.6) is 0 Å². The molecular weight excluding hydrogens is 154 g/mol. The predicted molar refractivity (Wildman–Crippen MR) is 47.6 cm³/mol. The highest BCUT2D eigenvalue weighted by atomic mass is 16.6. The standard InChI is InChI=1S/C9H18NO2/c1-6(2)7(10)8(11)12-9(3,4)5/h6-7,10H,1-5H3. The van der Waals surface area contributed by atoms with Gasteiger partial charge in [0, 0.05) is 0 Å². The number of esters is 1. The molecule has 0 heterocycles. The summed E-state index contributed by atoms with van der Waals surface area (Å²) < 4.78 is 5.03. The van der Waals surface area contributed by atoms with Gasteiger partial charge < -0.3 is 4.74 Å². The molecule has 1 N–H and O–H groups in total. The minimum Gasteiger partial charge on any atom is -0.459 e. The Morgan fingerprint density at radius 1 is 1.33 bits per heavy atom. The zero-order valence-electron chi connectivity index (χ0n) is 8.47. The zero-order chi connectivity index (χ0) is 9.94. The highest BCUT2D eigenvalue weighted by molar-refractivity contribution is 5.76. The Balaban J connectivity index is 4.05. The van der Waals surface area contributed by atoms with Gasteiger partial charge in [-0.25, -0.2) is 5.73 Å². The summed E-state index contributed by atoms with van der Waals surface area (Å²) in [5.74, 6) is -0.419. The molecule has 0 aromatic rings. The fourth-order valence-electron chi connectivity index (χ4n) is 0.637. The molecular formula is C9H18NO2. The lowest BCUT2D eigenvalue weighted by atomic mass is 10.1. The van der Waals surface area contributed by atoms with Crippen LogP contribution in [-0.4, -0.2) is 17.6 Å². The molecule has 71 valence electrons. The maximum Gasteiger partial charge on any atom is 0.325 e. The van der Waals surface area contributed by atoms with Crippen molar-refractivity contribution in [3.63, 3.8) is 0 Å². The van der Waals surface area contributed by atoms with Gasteiger partial charge in [-0.1, -0.05) is 13.8 Å². The molecule has 1 atom stereocenters. The number of hydrogen-bond acceptors (Lipinski definition) is 2. The molecule has 0 fully saturated rings. The fraction of sp³-hybridized carbons (Fsp3) is 0.889. The lowest BCUT2D eigenvalue weighted by Gasteiger charge is -2.23. The van der Waals surface area contributed by atoms with Crippen LogP contribution in [-0.2, 0) is 9.53 Å². The molecule has 0 aromatic heterocycles. The average Bonchev–Trinajstić information content (AvgIpc) is 1.82. The van der Waals surface area contributed by atoms with Gasteiger partial charge in [-0.3, -0.25) is 4.79 Å².